The van der Waals surface area contributed by atoms with E-state index in [9.17, 15) is 9.90 Å². The zero-order valence-corrected chi connectivity index (χ0v) is 13.0. The number of pyridine rings is 1. The van der Waals surface area contributed by atoms with Gasteiger partial charge in [0.1, 0.15) is 0 Å². The van der Waals surface area contributed by atoms with Crippen molar-refractivity contribution in [3.05, 3.63) is 42.1 Å². The summed E-state index contributed by atoms with van der Waals surface area (Å²) in [6.45, 7) is 5.06. The summed E-state index contributed by atoms with van der Waals surface area (Å²) in [7, 11) is 0. The van der Waals surface area contributed by atoms with Gasteiger partial charge in [-0.25, -0.2) is 0 Å². The topological polar surface area (TPSA) is 71.5 Å². The summed E-state index contributed by atoms with van der Waals surface area (Å²) in [5, 5.41) is 13.4. The highest BCUT2D eigenvalue weighted by Crippen LogP contribution is 2.16. The number of nitrogens with zero attached hydrogens (tertiary/aromatic N) is 1. The molecule has 0 saturated heterocycles. The number of ether oxygens (including phenoxy) is 1. The minimum absolute atomic E-state index is 0.160. The van der Waals surface area contributed by atoms with Crippen LogP contribution in [0.1, 0.15) is 24.2 Å². The van der Waals surface area contributed by atoms with Gasteiger partial charge in [-0.05, 0) is 24.1 Å². The molecule has 0 radical (unpaired) electrons. The standard InChI is InChI=1S/C17H22N2O3/c1-12(2)10-22-11-13(20)9-19-17(21)15-5-3-7-16-14(15)6-4-8-18-16/h3-8,12-13,20H,9-11H2,1-2H3,(H,19,21). The van der Waals surface area contributed by atoms with Crippen molar-refractivity contribution in [2.45, 2.75) is 20.0 Å². The van der Waals surface area contributed by atoms with Crippen LogP contribution in [0.4, 0.5) is 0 Å². The van der Waals surface area contributed by atoms with Crippen LogP contribution in [0.5, 0.6) is 0 Å². The molecule has 1 heterocycles. The molecule has 0 fully saturated rings. The summed E-state index contributed by atoms with van der Waals surface area (Å²) in [6, 6.07) is 9.07. The molecule has 0 saturated carbocycles. The first-order valence-corrected chi connectivity index (χ1v) is 7.45. The van der Waals surface area contributed by atoms with Crippen molar-refractivity contribution in [2.24, 2.45) is 5.92 Å². The highest BCUT2D eigenvalue weighted by molar-refractivity contribution is 6.06. The van der Waals surface area contributed by atoms with Crippen molar-refractivity contribution in [3.63, 3.8) is 0 Å². The molecule has 5 nitrogen and oxygen atoms in total. The fourth-order valence-electron chi connectivity index (χ4n) is 2.11. The Morgan fingerprint density at radius 1 is 1.27 bits per heavy atom. The highest BCUT2D eigenvalue weighted by Gasteiger charge is 2.12. The molecule has 5 heteroatoms. The molecule has 1 aromatic heterocycles. The lowest BCUT2D eigenvalue weighted by Gasteiger charge is -2.14. The van der Waals surface area contributed by atoms with Crippen LogP contribution in [0.25, 0.3) is 10.9 Å². The van der Waals surface area contributed by atoms with Crippen molar-refractivity contribution < 1.29 is 14.6 Å². The molecule has 2 N–H and O–H groups in total. The van der Waals surface area contributed by atoms with Gasteiger partial charge in [-0.3, -0.25) is 9.78 Å². The fraction of sp³-hybridized carbons (Fsp3) is 0.412. The molecule has 1 atom stereocenters. The van der Waals surface area contributed by atoms with Crippen molar-refractivity contribution in [1.29, 1.82) is 0 Å². The van der Waals surface area contributed by atoms with Crippen LogP contribution in [-0.2, 0) is 4.74 Å². The van der Waals surface area contributed by atoms with Gasteiger partial charge >= 0.3 is 0 Å². The number of aliphatic hydroxyl groups is 1. The smallest absolute Gasteiger partial charge is 0.252 e. The third kappa shape index (κ3) is 4.51. The second kappa shape index (κ2) is 7.87. The molecule has 0 spiro atoms. The molecule has 1 aromatic carbocycles. The van der Waals surface area contributed by atoms with E-state index in [0.717, 1.165) is 10.9 Å². The van der Waals surface area contributed by atoms with Crippen molar-refractivity contribution in [3.8, 4) is 0 Å². The van der Waals surface area contributed by atoms with Gasteiger partial charge in [-0.1, -0.05) is 26.0 Å². The second-order valence-electron chi connectivity index (χ2n) is 5.67. The number of hydrogen-bond acceptors (Lipinski definition) is 4. The van der Waals surface area contributed by atoms with E-state index >= 15 is 0 Å². The van der Waals surface area contributed by atoms with Gasteiger partial charge < -0.3 is 15.2 Å². The number of aliphatic hydroxyl groups excluding tert-OH is 1. The average molecular weight is 302 g/mol. The second-order valence-corrected chi connectivity index (χ2v) is 5.67. The maximum Gasteiger partial charge on any atom is 0.252 e. The van der Waals surface area contributed by atoms with Crippen molar-refractivity contribution in [1.82, 2.24) is 10.3 Å². The lowest BCUT2D eigenvalue weighted by Crippen LogP contribution is -2.34. The lowest BCUT2D eigenvalue weighted by atomic mass is 10.1. The molecule has 0 aliphatic heterocycles. The summed E-state index contributed by atoms with van der Waals surface area (Å²) < 4.78 is 5.35. The van der Waals surface area contributed by atoms with Gasteiger partial charge in [0.15, 0.2) is 0 Å². The molecule has 0 aliphatic rings. The first kappa shape index (κ1) is 16.4. The van der Waals surface area contributed by atoms with E-state index in [2.05, 4.69) is 10.3 Å². The Morgan fingerprint density at radius 3 is 2.86 bits per heavy atom. The zero-order chi connectivity index (χ0) is 15.9. The van der Waals surface area contributed by atoms with Gasteiger partial charge in [0.05, 0.1) is 18.2 Å². The van der Waals surface area contributed by atoms with E-state index in [4.69, 9.17) is 4.74 Å². The Hall–Kier alpha value is -1.98. The molecule has 2 aromatic rings. The number of amides is 1. The Kier molecular flexibility index (Phi) is 5.86. The fourth-order valence-corrected chi connectivity index (χ4v) is 2.11. The van der Waals surface area contributed by atoms with E-state index in [1.807, 2.05) is 26.0 Å². The van der Waals surface area contributed by atoms with Gasteiger partial charge in [0.2, 0.25) is 0 Å². The van der Waals surface area contributed by atoms with Crippen LogP contribution >= 0.6 is 0 Å². The van der Waals surface area contributed by atoms with Crippen LogP contribution in [0.2, 0.25) is 0 Å². The molecule has 1 amide bonds. The Bertz CT molecular complexity index is 623. The first-order chi connectivity index (χ1) is 10.6. The quantitative estimate of drug-likeness (QED) is 0.820. The summed E-state index contributed by atoms with van der Waals surface area (Å²) in [5.74, 6) is 0.200. The minimum Gasteiger partial charge on any atom is -0.389 e. The molecule has 0 bridgehead atoms. The van der Waals surface area contributed by atoms with Crippen molar-refractivity contribution in [2.75, 3.05) is 19.8 Å². The number of aromatic nitrogens is 1. The molecule has 2 rings (SSSR count). The summed E-state index contributed by atoms with van der Waals surface area (Å²) in [5.41, 5.74) is 1.33. The molecule has 1 unspecified atom stereocenters. The number of carbonyl (C=O) groups excluding carboxylic acids is 1. The monoisotopic (exact) mass is 302 g/mol. The minimum atomic E-state index is -0.712. The number of rotatable bonds is 7. The molecular weight excluding hydrogens is 280 g/mol. The SMILES string of the molecule is CC(C)COCC(O)CNC(=O)c1cccc2ncccc12. The van der Waals surface area contributed by atoms with E-state index < -0.39 is 6.10 Å². The van der Waals surface area contributed by atoms with Gasteiger partial charge in [0.25, 0.3) is 5.91 Å². The largest absolute Gasteiger partial charge is 0.389 e. The normalized spacial score (nSPS) is 12.5. The predicted octanol–water partition coefficient (Wildman–Crippen LogP) is 2.00. The Morgan fingerprint density at radius 2 is 2.09 bits per heavy atom. The maximum atomic E-state index is 12.3. The van der Waals surface area contributed by atoms with E-state index in [1.165, 1.54) is 0 Å². The van der Waals surface area contributed by atoms with Gasteiger partial charge in [0, 0.05) is 30.3 Å². The molecule has 118 valence electrons. The molecular formula is C17H22N2O3. The Labute approximate surface area is 130 Å². The van der Waals surface area contributed by atoms with E-state index in [1.54, 1.807) is 24.4 Å². The Balaban J connectivity index is 1.91. The van der Waals surface area contributed by atoms with E-state index in [-0.39, 0.29) is 19.1 Å². The third-order valence-electron chi connectivity index (χ3n) is 3.15. The first-order valence-electron chi connectivity index (χ1n) is 7.45. The highest BCUT2D eigenvalue weighted by atomic mass is 16.5. The number of carbonyl (C=O) groups is 1. The lowest BCUT2D eigenvalue weighted by molar-refractivity contribution is 0.0259. The van der Waals surface area contributed by atoms with Crippen LogP contribution in [0.15, 0.2) is 36.5 Å². The van der Waals surface area contributed by atoms with Crippen LogP contribution < -0.4 is 5.32 Å². The summed E-state index contributed by atoms with van der Waals surface area (Å²) in [4.78, 5) is 16.5. The van der Waals surface area contributed by atoms with Gasteiger partial charge in [-0.15, -0.1) is 0 Å². The summed E-state index contributed by atoms with van der Waals surface area (Å²) >= 11 is 0. The average Bonchev–Trinajstić information content (AvgIpc) is 2.51. The number of hydrogen-bond donors (Lipinski definition) is 2. The predicted molar refractivity (Wildman–Crippen MR) is 85.7 cm³/mol. The molecule has 0 aliphatic carbocycles. The van der Waals surface area contributed by atoms with E-state index in [0.29, 0.717) is 18.1 Å². The molecule has 22 heavy (non-hydrogen) atoms. The number of benzene rings is 1. The van der Waals surface area contributed by atoms with Crippen molar-refractivity contribution >= 4 is 16.8 Å². The summed E-state index contributed by atoms with van der Waals surface area (Å²) in [6.07, 6.45) is 0.982. The number of fused-ring (bicyclic) bond motifs is 1. The van der Waals surface area contributed by atoms with Crippen LogP contribution in [0.3, 0.4) is 0 Å². The van der Waals surface area contributed by atoms with Crippen LogP contribution in [-0.4, -0.2) is 41.9 Å². The maximum absolute atomic E-state index is 12.3. The van der Waals surface area contributed by atoms with Gasteiger partial charge in [-0.2, -0.15) is 0 Å². The zero-order valence-electron chi connectivity index (χ0n) is 13.0. The number of nitrogens with one attached hydrogen (secondary N) is 1. The van der Waals surface area contributed by atoms with Crippen LogP contribution in [0, 0.1) is 5.92 Å². The third-order valence-corrected chi connectivity index (χ3v) is 3.15.